The van der Waals surface area contributed by atoms with Crippen LogP contribution in [0.5, 0.6) is 11.5 Å². The summed E-state index contributed by atoms with van der Waals surface area (Å²) in [5, 5.41) is 12.8. The van der Waals surface area contributed by atoms with Crippen LogP contribution in [0.4, 0.5) is 14.5 Å². The Morgan fingerprint density at radius 3 is 2.53 bits per heavy atom. The number of nitrogens with zero attached hydrogens (tertiary/aromatic N) is 1. The van der Waals surface area contributed by atoms with Crippen LogP contribution in [-0.2, 0) is 9.59 Å². The van der Waals surface area contributed by atoms with Crippen molar-refractivity contribution in [1.82, 2.24) is 0 Å². The Bertz CT molecular complexity index is 1270. The molecule has 1 saturated heterocycles. The summed E-state index contributed by atoms with van der Waals surface area (Å²) in [4.78, 5) is 27.5. The molecule has 0 aliphatic carbocycles. The van der Waals surface area contributed by atoms with Crippen molar-refractivity contribution in [1.29, 1.82) is 0 Å². The standard InChI is InChI=1S/C23H15F2NO5S/c24-13-4-5-15(14(25)11-13)26-20(18-2-1-9-32-18)19(22(28)23(26)29)21(27)12-3-6-16-17(10-12)31-8-7-30-16/h1-6,9-11,20,27H,7-8H2/b21-19-. The predicted octanol–water partition coefficient (Wildman–Crippen LogP) is 4.42. The van der Waals surface area contributed by atoms with Gasteiger partial charge in [-0.15, -0.1) is 11.3 Å². The Kier molecular flexibility index (Phi) is 4.90. The molecule has 162 valence electrons. The quantitative estimate of drug-likeness (QED) is 0.359. The number of hydrogen-bond donors (Lipinski definition) is 1. The molecule has 1 N–H and O–H groups in total. The number of fused-ring (bicyclic) bond motifs is 1. The molecular formula is C23H15F2NO5S. The van der Waals surface area contributed by atoms with E-state index in [0.717, 1.165) is 17.0 Å². The number of aliphatic hydroxyl groups is 1. The summed E-state index contributed by atoms with van der Waals surface area (Å²) in [6, 6.07) is 9.70. The average molecular weight is 455 g/mol. The smallest absolute Gasteiger partial charge is 0.300 e. The number of ketones is 1. The molecule has 32 heavy (non-hydrogen) atoms. The van der Waals surface area contributed by atoms with Gasteiger partial charge in [0.2, 0.25) is 0 Å². The lowest BCUT2D eigenvalue weighted by Crippen LogP contribution is -2.30. The number of carbonyl (C=O) groups is 2. The first-order valence-corrected chi connectivity index (χ1v) is 10.5. The number of ether oxygens (including phenoxy) is 2. The summed E-state index contributed by atoms with van der Waals surface area (Å²) < 4.78 is 39.1. The second-order valence-corrected chi connectivity index (χ2v) is 8.12. The largest absolute Gasteiger partial charge is 0.507 e. The van der Waals surface area contributed by atoms with Crippen LogP contribution >= 0.6 is 11.3 Å². The zero-order valence-electron chi connectivity index (χ0n) is 16.4. The van der Waals surface area contributed by atoms with Gasteiger partial charge in [0.25, 0.3) is 11.7 Å². The van der Waals surface area contributed by atoms with Gasteiger partial charge in [-0.25, -0.2) is 8.78 Å². The van der Waals surface area contributed by atoms with E-state index in [2.05, 4.69) is 0 Å². The molecule has 1 aromatic heterocycles. The topological polar surface area (TPSA) is 76.1 Å². The van der Waals surface area contributed by atoms with E-state index in [1.165, 1.54) is 17.4 Å². The number of halogens is 2. The number of benzene rings is 2. The number of Topliss-reactive ketones (excluding diaryl/α,β-unsaturated/α-hetero) is 1. The van der Waals surface area contributed by atoms with Crippen molar-refractivity contribution < 1.29 is 33.0 Å². The molecule has 3 aromatic rings. The van der Waals surface area contributed by atoms with E-state index in [0.29, 0.717) is 35.7 Å². The molecule has 5 rings (SSSR count). The van der Waals surface area contributed by atoms with Gasteiger partial charge >= 0.3 is 0 Å². The number of anilines is 1. The van der Waals surface area contributed by atoms with E-state index in [1.54, 1.807) is 29.6 Å². The highest BCUT2D eigenvalue weighted by molar-refractivity contribution is 7.10. The fourth-order valence-electron chi connectivity index (χ4n) is 3.82. The van der Waals surface area contributed by atoms with Gasteiger partial charge in [0.1, 0.15) is 36.6 Å². The number of carbonyl (C=O) groups excluding carboxylic acids is 2. The van der Waals surface area contributed by atoms with E-state index in [-0.39, 0.29) is 16.8 Å². The van der Waals surface area contributed by atoms with Gasteiger partial charge in [-0.05, 0) is 41.8 Å². The molecule has 6 nitrogen and oxygen atoms in total. The first-order valence-electron chi connectivity index (χ1n) is 9.65. The van der Waals surface area contributed by atoms with Crippen LogP contribution in [0.25, 0.3) is 5.76 Å². The highest BCUT2D eigenvalue weighted by Crippen LogP contribution is 2.45. The maximum atomic E-state index is 14.6. The molecule has 3 heterocycles. The minimum absolute atomic E-state index is 0.196. The number of hydrogen-bond acceptors (Lipinski definition) is 6. The maximum Gasteiger partial charge on any atom is 0.300 e. The molecule has 2 aromatic carbocycles. The van der Waals surface area contributed by atoms with Gasteiger partial charge in [-0.3, -0.25) is 14.5 Å². The van der Waals surface area contributed by atoms with Crippen LogP contribution in [0.2, 0.25) is 0 Å². The fraction of sp³-hybridized carbons (Fsp3) is 0.130. The van der Waals surface area contributed by atoms with Crippen LogP contribution in [-0.4, -0.2) is 30.0 Å². The molecule has 0 saturated carbocycles. The predicted molar refractivity (Wildman–Crippen MR) is 113 cm³/mol. The first-order chi connectivity index (χ1) is 15.5. The van der Waals surface area contributed by atoms with Crippen molar-refractivity contribution in [3.05, 3.63) is 81.6 Å². The zero-order valence-corrected chi connectivity index (χ0v) is 17.2. The van der Waals surface area contributed by atoms with Crippen molar-refractivity contribution in [3.63, 3.8) is 0 Å². The van der Waals surface area contributed by atoms with E-state index >= 15 is 0 Å². The Labute approximate surface area is 184 Å². The highest BCUT2D eigenvalue weighted by atomic mass is 32.1. The highest BCUT2D eigenvalue weighted by Gasteiger charge is 2.48. The van der Waals surface area contributed by atoms with Crippen molar-refractivity contribution in [2.45, 2.75) is 6.04 Å². The third-order valence-corrected chi connectivity index (χ3v) is 6.17. The van der Waals surface area contributed by atoms with Crippen molar-refractivity contribution in [3.8, 4) is 11.5 Å². The molecule has 1 atom stereocenters. The van der Waals surface area contributed by atoms with E-state index in [4.69, 9.17) is 9.47 Å². The van der Waals surface area contributed by atoms with Gasteiger partial charge in [0, 0.05) is 16.5 Å². The summed E-state index contributed by atoms with van der Waals surface area (Å²) in [6.07, 6.45) is 0. The molecule has 2 aliphatic heterocycles. The molecule has 1 unspecified atom stereocenters. The molecular weight excluding hydrogens is 440 g/mol. The van der Waals surface area contributed by atoms with Crippen LogP contribution in [0.1, 0.15) is 16.5 Å². The average Bonchev–Trinajstić information content (AvgIpc) is 3.40. The molecule has 2 aliphatic rings. The molecule has 0 spiro atoms. The fourth-order valence-corrected chi connectivity index (χ4v) is 4.64. The second kappa shape index (κ2) is 7.76. The Hall–Kier alpha value is -3.72. The van der Waals surface area contributed by atoms with E-state index in [1.807, 2.05) is 0 Å². The van der Waals surface area contributed by atoms with Gasteiger partial charge in [0.15, 0.2) is 11.5 Å². The third kappa shape index (κ3) is 3.21. The van der Waals surface area contributed by atoms with Gasteiger partial charge < -0.3 is 14.6 Å². The molecule has 9 heteroatoms. The Morgan fingerprint density at radius 2 is 1.81 bits per heavy atom. The lowest BCUT2D eigenvalue weighted by Gasteiger charge is -2.24. The minimum Gasteiger partial charge on any atom is -0.507 e. The number of thiophene rings is 1. The van der Waals surface area contributed by atoms with Crippen LogP contribution < -0.4 is 14.4 Å². The van der Waals surface area contributed by atoms with Crippen LogP contribution in [0, 0.1) is 11.6 Å². The monoisotopic (exact) mass is 455 g/mol. The Morgan fingerprint density at radius 1 is 1.03 bits per heavy atom. The summed E-state index contributed by atoms with van der Waals surface area (Å²) in [7, 11) is 0. The molecule has 0 radical (unpaired) electrons. The number of amides is 1. The normalized spacial score (nSPS) is 19.4. The second-order valence-electron chi connectivity index (χ2n) is 7.14. The molecule has 1 fully saturated rings. The lowest BCUT2D eigenvalue weighted by atomic mass is 9.99. The Balaban J connectivity index is 1.68. The minimum atomic E-state index is -1.08. The zero-order chi connectivity index (χ0) is 22.4. The van der Waals surface area contributed by atoms with Gasteiger partial charge in [-0.1, -0.05) is 6.07 Å². The molecule has 0 bridgehead atoms. The van der Waals surface area contributed by atoms with E-state index in [9.17, 15) is 23.5 Å². The number of aliphatic hydroxyl groups excluding tert-OH is 1. The SMILES string of the molecule is O=C1C(=O)N(c2ccc(F)cc2F)C(c2cccs2)/C1=C(/O)c1ccc2c(c1)OCCO2. The lowest BCUT2D eigenvalue weighted by molar-refractivity contribution is -0.132. The van der Waals surface area contributed by atoms with Gasteiger partial charge in [0.05, 0.1) is 11.3 Å². The van der Waals surface area contributed by atoms with Crippen molar-refractivity contribution in [2.75, 3.05) is 18.1 Å². The summed E-state index contributed by atoms with van der Waals surface area (Å²) in [5.74, 6) is -3.33. The maximum absolute atomic E-state index is 14.6. The van der Waals surface area contributed by atoms with Crippen LogP contribution in [0.15, 0.2) is 59.5 Å². The third-order valence-electron chi connectivity index (χ3n) is 5.24. The van der Waals surface area contributed by atoms with Gasteiger partial charge in [-0.2, -0.15) is 0 Å². The van der Waals surface area contributed by atoms with Crippen LogP contribution in [0.3, 0.4) is 0 Å². The molecule has 1 amide bonds. The van der Waals surface area contributed by atoms with E-state index < -0.39 is 35.1 Å². The summed E-state index contributed by atoms with van der Waals surface area (Å²) >= 11 is 1.24. The summed E-state index contributed by atoms with van der Waals surface area (Å²) in [5.41, 5.74) is -0.209. The van der Waals surface area contributed by atoms with Crippen molar-refractivity contribution >= 4 is 34.5 Å². The summed E-state index contributed by atoms with van der Waals surface area (Å²) in [6.45, 7) is 0.728. The number of rotatable bonds is 3. The first kappa shape index (κ1) is 20.2. The van der Waals surface area contributed by atoms with Crippen molar-refractivity contribution in [2.24, 2.45) is 0 Å².